The van der Waals surface area contributed by atoms with Crippen molar-refractivity contribution in [1.82, 2.24) is 10.6 Å². The van der Waals surface area contributed by atoms with Gasteiger partial charge >= 0.3 is 18.2 Å². The number of ether oxygens (including phenoxy) is 1. The van der Waals surface area contributed by atoms with E-state index in [4.69, 9.17) is 4.74 Å². The minimum atomic E-state index is -4.48. The number of aryl methyl sites for hydroxylation is 1. The fourth-order valence-corrected chi connectivity index (χ4v) is 5.54. The molecular weight excluding hydrogens is 439 g/mol. The molecule has 0 aromatic carbocycles. The molecule has 0 unspecified atom stereocenters. The maximum atomic E-state index is 13.5. The summed E-state index contributed by atoms with van der Waals surface area (Å²) in [6.45, 7) is 6.18. The van der Waals surface area contributed by atoms with Gasteiger partial charge in [-0.15, -0.1) is 22.7 Å². The number of nitrogens with one attached hydrogen (secondary N) is 3. The number of rotatable bonds is 5. The topological polar surface area (TPSA) is 79.5 Å². The Kier molecular flexibility index (Phi) is 6.73. The molecule has 0 fully saturated rings. The van der Waals surface area contributed by atoms with Gasteiger partial charge in [-0.3, -0.25) is 5.32 Å². The van der Waals surface area contributed by atoms with Gasteiger partial charge in [0.25, 0.3) is 0 Å². The molecule has 0 spiro atoms. The first-order valence-electron chi connectivity index (χ1n) is 9.36. The van der Waals surface area contributed by atoms with Crippen molar-refractivity contribution >= 4 is 39.7 Å². The third-order valence-electron chi connectivity index (χ3n) is 4.81. The number of hydrogen-bond acceptors (Lipinski definition) is 6. The molecule has 0 saturated carbocycles. The van der Waals surface area contributed by atoms with Gasteiger partial charge in [-0.2, -0.15) is 13.2 Å². The van der Waals surface area contributed by atoms with Crippen LogP contribution in [0.3, 0.4) is 0 Å². The van der Waals surface area contributed by atoms with Gasteiger partial charge in [-0.1, -0.05) is 0 Å². The van der Waals surface area contributed by atoms with Crippen LogP contribution in [0.2, 0.25) is 0 Å². The smallest absolute Gasteiger partial charge is 0.425 e. The number of carbonyl (C=O) groups excluding carboxylic acids is 2. The van der Waals surface area contributed by atoms with Crippen molar-refractivity contribution in [2.75, 3.05) is 18.5 Å². The molecule has 164 valence electrons. The Morgan fingerprint density at radius 1 is 1.23 bits per heavy atom. The highest BCUT2D eigenvalue weighted by Gasteiger charge is 2.38. The van der Waals surface area contributed by atoms with Crippen LogP contribution in [-0.4, -0.2) is 25.2 Å². The number of amides is 2. The number of anilines is 1. The Balaban J connectivity index is 1.77. The Bertz CT molecular complexity index is 967. The van der Waals surface area contributed by atoms with E-state index in [9.17, 15) is 22.8 Å². The summed E-state index contributed by atoms with van der Waals surface area (Å²) < 4.78 is 45.5. The summed E-state index contributed by atoms with van der Waals surface area (Å²) in [4.78, 5) is 25.5. The molecule has 3 heterocycles. The molecule has 3 rings (SSSR count). The van der Waals surface area contributed by atoms with Crippen molar-refractivity contribution in [2.24, 2.45) is 0 Å². The first kappa shape index (κ1) is 22.6. The second-order valence-corrected chi connectivity index (χ2v) is 9.08. The Morgan fingerprint density at radius 2 is 1.97 bits per heavy atom. The molecule has 0 atom stereocenters. The number of alkyl halides is 3. The number of urea groups is 1. The van der Waals surface area contributed by atoms with Gasteiger partial charge in [0.05, 0.1) is 12.2 Å². The average molecular weight is 462 g/mol. The van der Waals surface area contributed by atoms with E-state index < -0.39 is 23.1 Å². The van der Waals surface area contributed by atoms with Gasteiger partial charge in [-0.25, -0.2) is 9.59 Å². The highest BCUT2D eigenvalue weighted by molar-refractivity contribution is 7.16. The summed E-state index contributed by atoms with van der Waals surface area (Å²) in [6.07, 6.45) is -3.99. The molecule has 0 aliphatic carbocycles. The third kappa shape index (κ3) is 4.62. The minimum Gasteiger partial charge on any atom is -0.462 e. The SMILES string of the molecule is CCOC(=O)c1c(NC(=O)NCc2c(C(F)(F)F)sc3c2CCNC3)sc(C)c1C. The molecule has 30 heavy (non-hydrogen) atoms. The van der Waals surface area contributed by atoms with E-state index in [1.165, 1.54) is 11.3 Å². The maximum absolute atomic E-state index is 13.5. The van der Waals surface area contributed by atoms with Crippen molar-refractivity contribution in [3.63, 3.8) is 0 Å². The second kappa shape index (κ2) is 8.94. The van der Waals surface area contributed by atoms with Crippen molar-refractivity contribution < 1.29 is 27.5 Å². The normalized spacial score (nSPS) is 13.7. The maximum Gasteiger partial charge on any atom is 0.425 e. The average Bonchev–Trinajstić information content (AvgIpc) is 3.18. The van der Waals surface area contributed by atoms with E-state index in [1.807, 2.05) is 6.92 Å². The summed E-state index contributed by atoms with van der Waals surface area (Å²) >= 11 is 1.94. The second-order valence-electron chi connectivity index (χ2n) is 6.75. The largest absolute Gasteiger partial charge is 0.462 e. The molecule has 2 aromatic rings. The monoisotopic (exact) mass is 461 g/mol. The lowest BCUT2D eigenvalue weighted by Gasteiger charge is -2.15. The van der Waals surface area contributed by atoms with Gasteiger partial charge < -0.3 is 15.4 Å². The lowest BCUT2D eigenvalue weighted by Crippen LogP contribution is -2.30. The van der Waals surface area contributed by atoms with Crippen LogP contribution in [0.4, 0.5) is 23.0 Å². The Labute approximate surface area is 179 Å². The van der Waals surface area contributed by atoms with Crippen LogP contribution >= 0.6 is 22.7 Å². The zero-order chi connectivity index (χ0) is 22.1. The first-order chi connectivity index (χ1) is 14.1. The van der Waals surface area contributed by atoms with Crippen LogP contribution in [0.15, 0.2) is 0 Å². The van der Waals surface area contributed by atoms with Crippen LogP contribution in [0.1, 0.15) is 48.6 Å². The number of carbonyl (C=O) groups is 2. The van der Waals surface area contributed by atoms with E-state index in [0.29, 0.717) is 40.5 Å². The number of hydrogen-bond donors (Lipinski definition) is 3. The van der Waals surface area contributed by atoms with Crippen molar-refractivity contribution in [2.45, 2.75) is 46.5 Å². The highest BCUT2D eigenvalue weighted by atomic mass is 32.1. The molecule has 2 aromatic heterocycles. The van der Waals surface area contributed by atoms with Crippen LogP contribution in [0.5, 0.6) is 0 Å². The van der Waals surface area contributed by atoms with E-state index in [0.717, 1.165) is 16.2 Å². The predicted octanol–water partition coefficient (Wildman–Crippen LogP) is 4.59. The molecule has 2 amide bonds. The summed E-state index contributed by atoms with van der Waals surface area (Å²) in [5.74, 6) is -0.548. The first-order valence-corrected chi connectivity index (χ1v) is 11.0. The molecule has 1 aliphatic heterocycles. The van der Waals surface area contributed by atoms with Crippen LogP contribution < -0.4 is 16.0 Å². The fourth-order valence-electron chi connectivity index (χ4n) is 3.30. The number of esters is 1. The highest BCUT2D eigenvalue weighted by Crippen LogP contribution is 2.41. The minimum absolute atomic E-state index is 0.114. The molecule has 0 saturated heterocycles. The third-order valence-corrected chi connectivity index (χ3v) is 7.25. The van der Waals surface area contributed by atoms with E-state index in [1.54, 1.807) is 13.8 Å². The van der Waals surface area contributed by atoms with Crippen LogP contribution in [-0.2, 0) is 30.4 Å². The van der Waals surface area contributed by atoms with Crippen molar-refractivity contribution in [3.05, 3.63) is 36.9 Å². The van der Waals surface area contributed by atoms with Crippen LogP contribution in [0, 0.1) is 13.8 Å². The quantitative estimate of drug-likeness (QED) is 0.569. The molecule has 1 aliphatic rings. The predicted molar refractivity (Wildman–Crippen MR) is 110 cm³/mol. The van der Waals surface area contributed by atoms with Gasteiger partial charge in [-0.05, 0) is 50.4 Å². The van der Waals surface area contributed by atoms with E-state index in [-0.39, 0.29) is 24.3 Å². The lowest BCUT2D eigenvalue weighted by molar-refractivity contribution is -0.135. The standard InChI is InChI=1S/C19H22F3N3O3S2/c1-4-28-17(26)14-9(2)10(3)29-16(14)25-18(27)24-7-12-11-5-6-23-8-13(11)30-15(12)19(20,21)22/h23H,4-8H2,1-3H3,(H2,24,25,27). The lowest BCUT2D eigenvalue weighted by atomic mass is 10.0. The van der Waals surface area contributed by atoms with Crippen LogP contribution in [0.25, 0.3) is 0 Å². The number of halogens is 3. The summed E-state index contributed by atoms with van der Waals surface area (Å²) in [6, 6.07) is -0.677. The van der Waals surface area contributed by atoms with Gasteiger partial charge in [0, 0.05) is 22.8 Å². The van der Waals surface area contributed by atoms with Crippen molar-refractivity contribution in [1.29, 1.82) is 0 Å². The molecule has 0 radical (unpaired) electrons. The van der Waals surface area contributed by atoms with Gasteiger partial charge in [0.1, 0.15) is 9.88 Å². The molecule has 6 nitrogen and oxygen atoms in total. The summed E-state index contributed by atoms with van der Waals surface area (Å²) in [7, 11) is 0. The van der Waals surface area contributed by atoms with Crippen molar-refractivity contribution in [3.8, 4) is 0 Å². The summed E-state index contributed by atoms with van der Waals surface area (Å²) in [5.41, 5.74) is 1.74. The number of fused-ring (bicyclic) bond motifs is 1. The fraction of sp³-hybridized carbons (Fsp3) is 0.474. The molecule has 11 heteroatoms. The molecule has 0 bridgehead atoms. The molecule has 3 N–H and O–H groups in total. The van der Waals surface area contributed by atoms with Gasteiger partial charge in [0.15, 0.2) is 0 Å². The number of thiophene rings is 2. The Morgan fingerprint density at radius 3 is 2.63 bits per heavy atom. The van der Waals surface area contributed by atoms with Gasteiger partial charge in [0.2, 0.25) is 0 Å². The zero-order valence-electron chi connectivity index (χ0n) is 16.7. The van der Waals surface area contributed by atoms with E-state index in [2.05, 4.69) is 16.0 Å². The Hall–Kier alpha value is -2.11. The zero-order valence-corrected chi connectivity index (χ0v) is 18.3. The van der Waals surface area contributed by atoms with E-state index >= 15 is 0 Å². The summed E-state index contributed by atoms with van der Waals surface area (Å²) in [5, 5.41) is 8.48. The molecular formula is C19H22F3N3O3S2.